The van der Waals surface area contributed by atoms with Crippen LogP contribution in [0, 0.1) is 0 Å². The number of hydrogen-bond acceptors (Lipinski definition) is 4. The minimum atomic E-state index is -0.148. The Labute approximate surface area is 173 Å². The summed E-state index contributed by atoms with van der Waals surface area (Å²) < 4.78 is 0.922. The van der Waals surface area contributed by atoms with Gasteiger partial charge in [0.1, 0.15) is 12.1 Å². The van der Waals surface area contributed by atoms with Gasteiger partial charge >= 0.3 is 0 Å². The van der Waals surface area contributed by atoms with Crippen molar-refractivity contribution in [1.82, 2.24) is 9.97 Å². The van der Waals surface area contributed by atoms with Gasteiger partial charge in [0.25, 0.3) is 5.91 Å². The van der Waals surface area contributed by atoms with Gasteiger partial charge < -0.3 is 10.2 Å². The van der Waals surface area contributed by atoms with Crippen LogP contribution in [0.1, 0.15) is 29.6 Å². The second kappa shape index (κ2) is 8.52. The summed E-state index contributed by atoms with van der Waals surface area (Å²) in [6.45, 7) is 2.07. The Kier molecular flexibility index (Phi) is 5.67. The van der Waals surface area contributed by atoms with Crippen LogP contribution in [-0.2, 0) is 0 Å². The van der Waals surface area contributed by atoms with Gasteiger partial charge in [-0.2, -0.15) is 0 Å². The van der Waals surface area contributed by atoms with Crippen LogP contribution in [-0.4, -0.2) is 29.0 Å². The zero-order valence-electron chi connectivity index (χ0n) is 15.4. The monoisotopic (exact) mass is 436 g/mol. The average Bonchev–Trinajstić information content (AvgIpc) is 2.74. The quantitative estimate of drug-likeness (QED) is 0.614. The molecular formula is C22H21BrN4O. The third-order valence-electron chi connectivity index (χ3n) is 4.84. The number of carbonyl (C=O) groups is 1. The van der Waals surface area contributed by atoms with Crippen LogP contribution in [0.25, 0.3) is 11.3 Å². The van der Waals surface area contributed by atoms with Crippen molar-refractivity contribution >= 4 is 33.3 Å². The van der Waals surface area contributed by atoms with E-state index in [0.29, 0.717) is 5.56 Å². The minimum Gasteiger partial charge on any atom is -0.357 e. The molecule has 1 N–H and O–H groups in total. The van der Waals surface area contributed by atoms with Crippen molar-refractivity contribution < 1.29 is 4.79 Å². The van der Waals surface area contributed by atoms with E-state index in [1.54, 1.807) is 6.33 Å². The molecule has 1 aliphatic rings. The predicted molar refractivity (Wildman–Crippen MR) is 116 cm³/mol. The average molecular weight is 437 g/mol. The summed E-state index contributed by atoms with van der Waals surface area (Å²) in [5.41, 5.74) is 3.07. The number of rotatable bonds is 4. The van der Waals surface area contributed by atoms with E-state index in [1.807, 2.05) is 54.6 Å². The van der Waals surface area contributed by atoms with Crippen molar-refractivity contribution in [3.8, 4) is 11.3 Å². The molecule has 5 nitrogen and oxygen atoms in total. The third kappa shape index (κ3) is 4.39. The number of nitrogens with one attached hydrogen (secondary N) is 1. The van der Waals surface area contributed by atoms with Crippen molar-refractivity contribution in [2.75, 3.05) is 23.3 Å². The lowest BCUT2D eigenvalue weighted by molar-refractivity contribution is 0.102. The molecule has 0 radical (unpaired) electrons. The second-order valence-corrected chi connectivity index (χ2v) is 7.77. The molecule has 1 aromatic heterocycles. The predicted octanol–water partition coefficient (Wildman–Crippen LogP) is 5.15. The van der Waals surface area contributed by atoms with Crippen molar-refractivity contribution in [1.29, 1.82) is 0 Å². The zero-order chi connectivity index (χ0) is 19.3. The van der Waals surface area contributed by atoms with Gasteiger partial charge in [-0.3, -0.25) is 4.79 Å². The van der Waals surface area contributed by atoms with Crippen molar-refractivity contribution in [3.63, 3.8) is 0 Å². The normalized spacial score (nSPS) is 14.0. The van der Waals surface area contributed by atoms with Crippen LogP contribution in [0.5, 0.6) is 0 Å². The van der Waals surface area contributed by atoms with Crippen LogP contribution in [0.15, 0.2) is 65.4 Å². The lowest BCUT2D eigenvalue weighted by atomic mass is 10.1. The van der Waals surface area contributed by atoms with E-state index in [4.69, 9.17) is 0 Å². The standard InChI is InChI=1S/C22H21BrN4O/c23-18-8-5-9-19(13-18)26-22(28)17-7-4-6-16(12-17)20-14-21(25-15-24-20)27-10-2-1-3-11-27/h4-9,12-15H,1-3,10-11H2,(H,26,28). The molecular weight excluding hydrogens is 416 g/mol. The van der Waals surface area contributed by atoms with Crippen LogP contribution in [0.2, 0.25) is 0 Å². The smallest absolute Gasteiger partial charge is 0.255 e. The maximum atomic E-state index is 12.7. The van der Waals surface area contributed by atoms with Gasteiger partial charge in [-0.15, -0.1) is 0 Å². The summed E-state index contributed by atoms with van der Waals surface area (Å²) in [5.74, 6) is 0.805. The Hall–Kier alpha value is -2.73. The Morgan fingerprint density at radius 3 is 2.61 bits per heavy atom. The molecule has 1 fully saturated rings. The van der Waals surface area contributed by atoms with E-state index in [9.17, 15) is 4.79 Å². The van der Waals surface area contributed by atoms with Crippen molar-refractivity contribution in [3.05, 3.63) is 71.0 Å². The summed E-state index contributed by atoms with van der Waals surface area (Å²) in [7, 11) is 0. The highest BCUT2D eigenvalue weighted by Crippen LogP contribution is 2.24. The minimum absolute atomic E-state index is 0.148. The zero-order valence-corrected chi connectivity index (χ0v) is 17.0. The highest BCUT2D eigenvalue weighted by Gasteiger charge is 2.14. The van der Waals surface area contributed by atoms with Crippen molar-refractivity contribution in [2.45, 2.75) is 19.3 Å². The Morgan fingerprint density at radius 2 is 1.79 bits per heavy atom. The number of amides is 1. The summed E-state index contributed by atoms with van der Waals surface area (Å²) in [5, 5.41) is 2.93. The molecule has 0 aliphatic carbocycles. The number of hydrogen-bond donors (Lipinski definition) is 1. The van der Waals surface area contributed by atoms with E-state index in [0.717, 1.165) is 40.3 Å². The largest absolute Gasteiger partial charge is 0.357 e. The first kappa shape index (κ1) is 18.6. The molecule has 0 saturated carbocycles. The van der Waals surface area contributed by atoms with Gasteiger partial charge in [-0.05, 0) is 49.6 Å². The number of carbonyl (C=O) groups excluding carboxylic acids is 1. The summed E-state index contributed by atoms with van der Waals surface area (Å²) in [4.78, 5) is 23.8. The molecule has 0 bridgehead atoms. The number of aromatic nitrogens is 2. The topological polar surface area (TPSA) is 58.1 Å². The molecule has 1 aliphatic heterocycles. The fourth-order valence-electron chi connectivity index (χ4n) is 3.39. The molecule has 28 heavy (non-hydrogen) atoms. The van der Waals surface area contributed by atoms with E-state index in [-0.39, 0.29) is 5.91 Å². The van der Waals surface area contributed by atoms with Gasteiger partial charge in [0.2, 0.25) is 0 Å². The van der Waals surface area contributed by atoms with E-state index in [1.165, 1.54) is 19.3 Å². The lowest BCUT2D eigenvalue weighted by Crippen LogP contribution is -2.30. The summed E-state index contributed by atoms with van der Waals surface area (Å²) in [6.07, 6.45) is 5.28. The van der Waals surface area contributed by atoms with Gasteiger partial charge in [-0.1, -0.05) is 34.1 Å². The molecule has 4 rings (SSSR count). The first-order valence-electron chi connectivity index (χ1n) is 9.43. The molecule has 0 spiro atoms. The molecule has 2 heterocycles. The Balaban J connectivity index is 1.56. The Bertz CT molecular complexity index is 986. The SMILES string of the molecule is O=C(Nc1cccc(Br)c1)c1cccc(-c2cc(N3CCCCC3)ncn2)c1. The van der Waals surface area contributed by atoms with Gasteiger partial charge in [0.15, 0.2) is 0 Å². The van der Waals surface area contributed by atoms with Crippen LogP contribution < -0.4 is 10.2 Å². The highest BCUT2D eigenvalue weighted by molar-refractivity contribution is 9.10. The number of halogens is 1. The number of benzene rings is 2. The molecule has 1 amide bonds. The molecule has 0 unspecified atom stereocenters. The molecule has 6 heteroatoms. The van der Waals surface area contributed by atoms with Gasteiger partial charge in [0, 0.05) is 40.4 Å². The first-order chi connectivity index (χ1) is 13.7. The third-order valence-corrected chi connectivity index (χ3v) is 5.33. The molecule has 1 saturated heterocycles. The molecule has 3 aromatic rings. The van der Waals surface area contributed by atoms with E-state index >= 15 is 0 Å². The van der Waals surface area contributed by atoms with Crippen LogP contribution >= 0.6 is 15.9 Å². The van der Waals surface area contributed by atoms with Gasteiger partial charge in [0.05, 0.1) is 5.69 Å². The van der Waals surface area contributed by atoms with E-state index < -0.39 is 0 Å². The molecule has 2 aromatic carbocycles. The second-order valence-electron chi connectivity index (χ2n) is 6.85. The fraction of sp³-hybridized carbons (Fsp3) is 0.227. The van der Waals surface area contributed by atoms with E-state index in [2.05, 4.69) is 36.1 Å². The number of anilines is 2. The van der Waals surface area contributed by atoms with Crippen LogP contribution in [0.4, 0.5) is 11.5 Å². The van der Waals surface area contributed by atoms with Crippen LogP contribution in [0.3, 0.4) is 0 Å². The highest BCUT2D eigenvalue weighted by atomic mass is 79.9. The van der Waals surface area contributed by atoms with Crippen molar-refractivity contribution in [2.24, 2.45) is 0 Å². The summed E-state index contributed by atoms with van der Waals surface area (Å²) >= 11 is 3.42. The maximum Gasteiger partial charge on any atom is 0.255 e. The summed E-state index contributed by atoms with van der Waals surface area (Å²) in [6, 6.07) is 17.1. The lowest BCUT2D eigenvalue weighted by Gasteiger charge is -2.27. The molecule has 142 valence electrons. The first-order valence-corrected chi connectivity index (χ1v) is 10.2. The van der Waals surface area contributed by atoms with Gasteiger partial charge in [-0.25, -0.2) is 9.97 Å². The number of piperidine rings is 1. The number of nitrogens with zero attached hydrogens (tertiary/aromatic N) is 3. The fourth-order valence-corrected chi connectivity index (χ4v) is 3.79. The molecule has 0 atom stereocenters. The maximum absolute atomic E-state index is 12.7. The Morgan fingerprint density at radius 1 is 0.964 bits per heavy atom.